The molecular weight excluding hydrogens is 311 g/mol. The van der Waals surface area contributed by atoms with Gasteiger partial charge >= 0.3 is 11.8 Å². The van der Waals surface area contributed by atoms with Crippen LogP contribution in [0.5, 0.6) is 0 Å². The Morgan fingerprint density at radius 1 is 1.04 bits per heavy atom. The lowest BCUT2D eigenvalue weighted by atomic mass is 10.1. The highest BCUT2D eigenvalue weighted by Gasteiger charge is 2.14. The van der Waals surface area contributed by atoms with E-state index in [9.17, 15) is 14.0 Å². The maximum Gasteiger partial charge on any atom is 0.313 e. The highest BCUT2D eigenvalue weighted by Crippen LogP contribution is 2.15. The van der Waals surface area contributed by atoms with Crippen molar-refractivity contribution in [2.45, 2.75) is 20.0 Å². The molecule has 2 aromatic carbocycles. The smallest absolute Gasteiger partial charge is 0.313 e. The van der Waals surface area contributed by atoms with Gasteiger partial charge < -0.3 is 15.7 Å². The molecular formula is C18H19FN2O3. The Morgan fingerprint density at radius 3 is 2.33 bits per heavy atom. The van der Waals surface area contributed by atoms with Gasteiger partial charge in [0.2, 0.25) is 0 Å². The molecule has 0 heterocycles. The van der Waals surface area contributed by atoms with Crippen LogP contribution in [0, 0.1) is 12.7 Å². The summed E-state index contributed by atoms with van der Waals surface area (Å²) < 4.78 is 13.0. The number of amides is 2. The number of aliphatic hydroxyl groups is 1. The molecule has 3 N–H and O–H groups in total. The van der Waals surface area contributed by atoms with E-state index in [1.54, 1.807) is 19.1 Å². The van der Waals surface area contributed by atoms with Crippen LogP contribution in [0.4, 0.5) is 10.1 Å². The number of benzene rings is 2. The molecule has 6 heteroatoms. The fourth-order valence-electron chi connectivity index (χ4n) is 2.16. The first kappa shape index (κ1) is 17.6. The summed E-state index contributed by atoms with van der Waals surface area (Å²) in [6, 6.07) is 11.3. The van der Waals surface area contributed by atoms with E-state index in [4.69, 9.17) is 5.11 Å². The standard InChI is InChI=1S/C18H19FN2O3/c1-12-10-15(19)6-7-16(12)21-18(24)17(23)20-9-8-13-2-4-14(11-22)5-3-13/h2-7,10,22H,8-9,11H2,1H3,(H,20,23)(H,21,24). The topological polar surface area (TPSA) is 78.4 Å². The Balaban J connectivity index is 1.81. The molecule has 0 aliphatic rings. The largest absolute Gasteiger partial charge is 0.392 e. The van der Waals surface area contributed by atoms with Gasteiger partial charge in [-0.3, -0.25) is 9.59 Å². The molecule has 0 fully saturated rings. The highest BCUT2D eigenvalue weighted by molar-refractivity contribution is 6.39. The Bertz CT molecular complexity index is 730. The summed E-state index contributed by atoms with van der Waals surface area (Å²) in [5, 5.41) is 14.0. The van der Waals surface area contributed by atoms with Crippen LogP contribution in [-0.2, 0) is 22.6 Å². The SMILES string of the molecule is Cc1cc(F)ccc1NC(=O)C(=O)NCCc1ccc(CO)cc1. The number of anilines is 1. The molecule has 0 spiro atoms. The van der Waals surface area contributed by atoms with Crippen LogP contribution in [0.3, 0.4) is 0 Å². The molecule has 24 heavy (non-hydrogen) atoms. The Kier molecular flexibility index (Phi) is 6.03. The third-order valence-electron chi connectivity index (χ3n) is 3.55. The minimum atomic E-state index is -0.791. The first-order valence-corrected chi connectivity index (χ1v) is 7.53. The number of nitrogens with one attached hydrogen (secondary N) is 2. The van der Waals surface area contributed by atoms with Crippen LogP contribution in [0.1, 0.15) is 16.7 Å². The molecule has 126 valence electrons. The monoisotopic (exact) mass is 330 g/mol. The number of carbonyl (C=O) groups is 2. The molecule has 0 unspecified atom stereocenters. The summed E-state index contributed by atoms with van der Waals surface area (Å²) in [5.41, 5.74) is 2.75. The molecule has 0 atom stereocenters. The van der Waals surface area contributed by atoms with Crippen molar-refractivity contribution in [2.75, 3.05) is 11.9 Å². The van der Waals surface area contributed by atoms with Crippen LogP contribution in [0.25, 0.3) is 0 Å². The van der Waals surface area contributed by atoms with Gasteiger partial charge in [-0.05, 0) is 48.2 Å². The van der Waals surface area contributed by atoms with Crippen LogP contribution < -0.4 is 10.6 Å². The number of aliphatic hydroxyl groups excluding tert-OH is 1. The van der Waals surface area contributed by atoms with Crippen molar-refractivity contribution >= 4 is 17.5 Å². The molecule has 0 saturated carbocycles. The second-order valence-electron chi connectivity index (χ2n) is 5.39. The van der Waals surface area contributed by atoms with Crippen molar-refractivity contribution < 1.29 is 19.1 Å². The van der Waals surface area contributed by atoms with Gasteiger partial charge in [-0.15, -0.1) is 0 Å². The normalized spacial score (nSPS) is 10.3. The third kappa shape index (κ3) is 4.89. The van der Waals surface area contributed by atoms with Crippen LogP contribution in [-0.4, -0.2) is 23.5 Å². The van der Waals surface area contributed by atoms with Crippen molar-refractivity contribution in [3.05, 3.63) is 65.0 Å². The van der Waals surface area contributed by atoms with Crippen molar-refractivity contribution in [2.24, 2.45) is 0 Å². The molecule has 0 aromatic heterocycles. The Hall–Kier alpha value is -2.73. The summed E-state index contributed by atoms with van der Waals surface area (Å²) in [4.78, 5) is 23.6. The van der Waals surface area contributed by atoms with Gasteiger partial charge in [0.25, 0.3) is 0 Å². The van der Waals surface area contributed by atoms with Crippen LogP contribution >= 0.6 is 0 Å². The lowest BCUT2D eigenvalue weighted by Gasteiger charge is -2.09. The molecule has 0 bridgehead atoms. The van der Waals surface area contributed by atoms with Gasteiger partial charge in [0, 0.05) is 12.2 Å². The lowest BCUT2D eigenvalue weighted by Crippen LogP contribution is -2.36. The zero-order valence-electron chi connectivity index (χ0n) is 13.3. The average Bonchev–Trinajstić information content (AvgIpc) is 2.57. The van der Waals surface area contributed by atoms with Gasteiger partial charge in [-0.2, -0.15) is 0 Å². The second kappa shape index (κ2) is 8.21. The number of rotatable bonds is 5. The second-order valence-corrected chi connectivity index (χ2v) is 5.39. The average molecular weight is 330 g/mol. The van der Waals surface area contributed by atoms with Gasteiger partial charge in [-0.25, -0.2) is 4.39 Å². The van der Waals surface area contributed by atoms with Gasteiger partial charge in [0.15, 0.2) is 0 Å². The maximum atomic E-state index is 13.0. The molecule has 2 aromatic rings. The Morgan fingerprint density at radius 2 is 1.71 bits per heavy atom. The number of aryl methyl sites for hydroxylation is 1. The first-order chi connectivity index (χ1) is 11.5. The minimum absolute atomic E-state index is 0.0139. The maximum absolute atomic E-state index is 13.0. The van der Waals surface area contributed by atoms with E-state index >= 15 is 0 Å². The fourth-order valence-corrected chi connectivity index (χ4v) is 2.16. The van der Waals surface area contributed by atoms with Gasteiger partial charge in [0.05, 0.1) is 6.61 Å². The van der Waals surface area contributed by atoms with Crippen molar-refractivity contribution in [1.82, 2.24) is 5.32 Å². The number of hydrogen-bond donors (Lipinski definition) is 3. The van der Waals surface area contributed by atoms with E-state index in [1.807, 2.05) is 12.1 Å². The highest BCUT2D eigenvalue weighted by atomic mass is 19.1. The van der Waals surface area contributed by atoms with Gasteiger partial charge in [0.1, 0.15) is 5.82 Å². The first-order valence-electron chi connectivity index (χ1n) is 7.53. The van der Waals surface area contributed by atoms with E-state index in [-0.39, 0.29) is 6.61 Å². The number of halogens is 1. The predicted molar refractivity (Wildman–Crippen MR) is 88.8 cm³/mol. The summed E-state index contributed by atoms with van der Waals surface area (Å²) >= 11 is 0. The minimum Gasteiger partial charge on any atom is -0.392 e. The summed E-state index contributed by atoms with van der Waals surface area (Å²) in [7, 11) is 0. The molecule has 0 aliphatic heterocycles. The third-order valence-corrected chi connectivity index (χ3v) is 3.55. The predicted octanol–water partition coefficient (Wildman–Crippen LogP) is 1.92. The van der Waals surface area contributed by atoms with Crippen molar-refractivity contribution in [3.8, 4) is 0 Å². The number of hydrogen-bond acceptors (Lipinski definition) is 3. The zero-order valence-corrected chi connectivity index (χ0v) is 13.3. The Labute approximate surface area is 139 Å². The number of carbonyl (C=O) groups excluding carboxylic acids is 2. The molecule has 0 saturated heterocycles. The van der Waals surface area contributed by atoms with Crippen molar-refractivity contribution in [1.29, 1.82) is 0 Å². The zero-order chi connectivity index (χ0) is 17.5. The molecule has 2 rings (SSSR count). The fraction of sp³-hybridized carbons (Fsp3) is 0.222. The molecule has 2 amide bonds. The van der Waals surface area contributed by atoms with Gasteiger partial charge in [-0.1, -0.05) is 24.3 Å². The quantitative estimate of drug-likeness (QED) is 0.733. The van der Waals surface area contributed by atoms with Crippen molar-refractivity contribution in [3.63, 3.8) is 0 Å². The molecule has 0 aliphatic carbocycles. The van der Waals surface area contributed by atoms with E-state index in [1.165, 1.54) is 18.2 Å². The van der Waals surface area contributed by atoms with Crippen LogP contribution in [0.15, 0.2) is 42.5 Å². The summed E-state index contributed by atoms with van der Waals surface area (Å²) in [5.74, 6) is -1.94. The molecule has 0 radical (unpaired) electrons. The van der Waals surface area contributed by atoms with Crippen LogP contribution in [0.2, 0.25) is 0 Å². The van der Waals surface area contributed by atoms with E-state index in [2.05, 4.69) is 10.6 Å². The summed E-state index contributed by atoms with van der Waals surface area (Å²) in [6.45, 7) is 1.94. The van der Waals surface area contributed by atoms with E-state index in [0.29, 0.717) is 24.2 Å². The van der Waals surface area contributed by atoms with E-state index in [0.717, 1.165) is 11.1 Å². The van der Waals surface area contributed by atoms with E-state index < -0.39 is 17.6 Å². The lowest BCUT2D eigenvalue weighted by molar-refractivity contribution is -0.136. The summed E-state index contributed by atoms with van der Waals surface area (Å²) in [6.07, 6.45) is 0.570. The molecule has 5 nitrogen and oxygen atoms in total.